The van der Waals surface area contributed by atoms with Crippen molar-refractivity contribution >= 4 is 32.7 Å². The zero-order valence-electron chi connectivity index (χ0n) is 21.0. The molecule has 0 saturated heterocycles. The summed E-state index contributed by atoms with van der Waals surface area (Å²) in [5.74, 6) is -3.78. The number of nitrogens with zero attached hydrogens (tertiary/aromatic N) is 3. The van der Waals surface area contributed by atoms with Crippen molar-refractivity contribution in [1.29, 1.82) is 0 Å². The average Bonchev–Trinajstić information content (AvgIpc) is 3.40. The maximum atomic E-state index is 13.9. The molecule has 1 atom stereocenters. The van der Waals surface area contributed by atoms with Crippen molar-refractivity contribution in [3.8, 4) is 16.3 Å². The van der Waals surface area contributed by atoms with Crippen LogP contribution in [-0.4, -0.2) is 40.6 Å². The van der Waals surface area contributed by atoms with Gasteiger partial charge in [0.2, 0.25) is 5.13 Å². The number of hydrogen-bond acceptors (Lipinski definition) is 7. The van der Waals surface area contributed by atoms with Gasteiger partial charge in [0.1, 0.15) is 15.7 Å². The monoisotopic (exact) mass is 579 g/mol. The minimum absolute atomic E-state index is 0. The summed E-state index contributed by atoms with van der Waals surface area (Å²) in [6, 6.07) is 5.22. The molecule has 0 bridgehead atoms. The SMILES string of the molecule is Cc1nn(-c2nc(C3=CCC(C(F)(F)F)CC3)c(S(=O)(=O)C(C)C)s2)c(C(=O)[O-])c1-c1cccc(F)c1.[Na+]. The van der Waals surface area contributed by atoms with Crippen LogP contribution in [0.15, 0.2) is 34.6 Å². The summed E-state index contributed by atoms with van der Waals surface area (Å²) in [5.41, 5.74) is 0.384. The van der Waals surface area contributed by atoms with Gasteiger partial charge in [0.25, 0.3) is 0 Å². The second kappa shape index (κ2) is 11.2. The first-order valence-electron chi connectivity index (χ1n) is 11.3. The summed E-state index contributed by atoms with van der Waals surface area (Å²) >= 11 is 0.673. The number of allylic oxidation sites excluding steroid dienone is 2. The molecule has 14 heteroatoms. The molecule has 1 unspecified atom stereocenters. The van der Waals surface area contributed by atoms with Gasteiger partial charge in [-0.2, -0.15) is 18.3 Å². The number of aryl methyl sites for hydroxylation is 1. The summed E-state index contributed by atoms with van der Waals surface area (Å²) in [4.78, 5) is 16.6. The number of hydrogen-bond donors (Lipinski definition) is 0. The second-order valence-corrected chi connectivity index (χ2v) is 12.7. The summed E-state index contributed by atoms with van der Waals surface area (Å²) in [5, 5.41) is 15.4. The van der Waals surface area contributed by atoms with Gasteiger partial charge in [-0.1, -0.05) is 29.5 Å². The van der Waals surface area contributed by atoms with Gasteiger partial charge in [-0.3, -0.25) is 0 Å². The zero-order chi connectivity index (χ0) is 27.3. The molecule has 3 aromatic rings. The molecule has 1 aliphatic rings. The Balaban J connectivity index is 0.00000400. The van der Waals surface area contributed by atoms with E-state index in [1.54, 1.807) is 0 Å². The maximum absolute atomic E-state index is 13.9. The molecule has 0 spiro atoms. The molecule has 0 amide bonds. The van der Waals surface area contributed by atoms with E-state index in [0.29, 0.717) is 16.9 Å². The van der Waals surface area contributed by atoms with Crippen molar-refractivity contribution in [2.45, 2.75) is 55.7 Å². The number of carboxylic acid groups (broad SMARTS) is 1. The molecule has 7 nitrogen and oxygen atoms in total. The van der Waals surface area contributed by atoms with Gasteiger partial charge in [-0.15, -0.1) is 0 Å². The van der Waals surface area contributed by atoms with Gasteiger partial charge in [0, 0.05) is 5.56 Å². The fourth-order valence-electron chi connectivity index (χ4n) is 4.19. The molecular weight excluding hydrogens is 557 g/mol. The van der Waals surface area contributed by atoms with Crippen LogP contribution in [0.1, 0.15) is 55.0 Å². The Morgan fingerprint density at radius 3 is 2.47 bits per heavy atom. The Labute approximate surface area is 242 Å². The molecule has 2 heterocycles. The van der Waals surface area contributed by atoms with Crippen molar-refractivity contribution in [2.75, 3.05) is 0 Å². The normalized spacial score (nSPS) is 16.3. The fourth-order valence-corrected chi connectivity index (χ4v) is 7.12. The van der Waals surface area contributed by atoms with Gasteiger partial charge in [-0.05, 0) is 63.3 Å². The number of carbonyl (C=O) groups excluding carboxylic acids is 1. The molecule has 0 aliphatic heterocycles. The number of halogens is 4. The van der Waals surface area contributed by atoms with Crippen molar-refractivity contribution in [3.63, 3.8) is 0 Å². The predicted octanol–water partition coefficient (Wildman–Crippen LogP) is 1.74. The minimum Gasteiger partial charge on any atom is -0.543 e. The van der Waals surface area contributed by atoms with Gasteiger partial charge in [0.05, 0.1) is 28.5 Å². The van der Waals surface area contributed by atoms with Crippen LogP contribution in [0.3, 0.4) is 0 Å². The van der Waals surface area contributed by atoms with Gasteiger partial charge < -0.3 is 9.90 Å². The molecule has 0 fully saturated rings. The van der Waals surface area contributed by atoms with Crippen LogP contribution in [-0.2, 0) is 9.84 Å². The molecule has 0 saturated carbocycles. The number of thiazole rings is 1. The van der Waals surface area contributed by atoms with Crippen LogP contribution in [0, 0.1) is 18.7 Å². The van der Waals surface area contributed by atoms with Crippen molar-refractivity contribution < 1.29 is 65.4 Å². The van der Waals surface area contributed by atoms with Crippen molar-refractivity contribution in [1.82, 2.24) is 14.8 Å². The van der Waals surface area contributed by atoms with Crippen LogP contribution < -0.4 is 34.7 Å². The largest absolute Gasteiger partial charge is 1.00 e. The summed E-state index contributed by atoms with van der Waals surface area (Å²) < 4.78 is 80.5. The molecule has 0 radical (unpaired) electrons. The number of alkyl halides is 3. The standard InChI is InChI=1S/C24H23F4N3O4S2.Na/c1-12(2)37(34,35)22-19(14-7-9-16(10-8-14)24(26,27)28)29-23(36-22)31-20(21(32)33)18(13(3)30-31)15-5-4-6-17(25)11-15;/h4-7,11-12,16H,8-10H2,1-3H3,(H,32,33);/q;+1/p-1. The van der Waals surface area contributed by atoms with Gasteiger partial charge in [-0.25, -0.2) is 22.5 Å². The van der Waals surface area contributed by atoms with E-state index in [1.165, 1.54) is 45.0 Å². The topological polar surface area (TPSA) is 105 Å². The summed E-state index contributed by atoms with van der Waals surface area (Å²) in [7, 11) is -3.94. The molecule has 2 aromatic heterocycles. The van der Waals surface area contributed by atoms with E-state index in [-0.39, 0.29) is 80.7 Å². The number of rotatable bonds is 6. The third kappa shape index (κ3) is 5.76. The first-order chi connectivity index (χ1) is 17.2. The van der Waals surface area contributed by atoms with E-state index < -0.39 is 44.7 Å². The summed E-state index contributed by atoms with van der Waals surface area (Å²) in [6.07, 6.45) is -3.62. The van der Waals surface area contributed by atoms with Crippen LogP contribution >= 0.6 is 11.3 Å². The number of carbonyl (C=O) groups is 1. The second-order valence-electron chi connectivity index (χ2n) is 8.99. The third-order valence-corrected chi connectivity index (χ3v) is 9.91. The number of carboxylic acids is 1. The van der Waals surface area contributed by atoms with Gasteiger partial charge >= 0.3 is 35.7 Å². The first-order valence-corrected chi connectivity index (χ1v) is 13.7. The van der Waals surface area contributed by atoms with Crippen LogP contribution in [0.25, 0.3) is 21.8 Å². The Bertz CT molecular complexity index is 1510. The third-order valence-electron chi connectivity index (χ3n) is 6.19. The van der Waals surface area contributed by atoms with E-state index in [9.17, 15) is 35.9 Å². The molecule has 0 N–H and O–H groups in total. The van der Waals surface area contributed by atoms with E-state index in [4.69, 9.17) is 0 Å². The smallest absolute Gasteiger partial charge is 0.543 e. The van der Waals surface area contributed by atoms with E-state index >= 15 is 0 Å². The fraction of sp³-hybridized carbons (Fsp3) is 0.375. The molecule has 1 aromatic carbocycles. The number of aromatic carboxylic acids is 1. The van der Waals surface area contributed by atoms with Crippen LogP contribution in [0.5, 0.6) is 0 Å². The van der Waals surface area contributed by atoms with Crippen molar-refractivity contribution in [3.05, 3.63) is 53.2 Å². The number of aromatic nitrogens is 3. The number of benzene rings is 1. The Hall–Kier alpha value is -2.06. The Kier molecular flexibility index (Phi) is 8.99. The molecule has 1 aliphatic carbocycles. The van der Waals surface area contributed by atoms with Crippen LogP contribution in [0.4, 0.5) is 17.6 Å². The average molecular weight is 580 g/mol. The van der Waals surface area contributed by atoms with Crippen molar-refractivity contribution in [2.24, 2.45) is 5.92 Å². The molecule has 198 valence electrons. The predicted molar refractivity (Wildman–Crippen MR) is 127 cm³/mol. The van der Waals surface area contributed by atoms with Gasteiger partial charge in [0.15, 0.2) is 9.84 Å². The molecule has 4 rings (SSSR count). The van der Waals surface area contributed by atoms with E-state index in [1.807, 2.05) is 0 Å². The Morgan fingerprint density at radius 1 is 1.26 bits per heavy atom. The molecular formula is C24H22F4N3NaO4S2. The zero-order valence-corrected chi connectivity index (χ0v) is 24.6. The number of sulfone groups is 1. The first kappa shape index (κ1) is 30.5. The Morgan fingerprint density at radius 2 is 1.95 bits per heavy atom. The minimum atomic E-state index is -4.37. The van der Waals surface area contributed by atoms with Crippen LogP contribution in [0.2, 0.25) is 0 Å². The quantitative estimate of drug-likeness (QED) is 0.326. The molecule has 38 heavy (non-hydrogen) atoms. The summed E-state index contributed by atoms with van der Waals surface area (Å²) in [6.45, 7) is 4.42. The van der Waals surface area contributed by atoms with E-state index in [2.05, 4.69) is 10.1 Å². The van der Waals surface area contributed by atoms with E-state index in [0.717, 1.165) is 10.7 Å². The maximum Gasteiger partial charge on any atom is 1.00 e.